The summed E-state index contributed by atoms with van der Waals surface area (Å²) in [5.41, 5.74) is 2.56. The Bertz CT molecular complexity index is 516. The Morgan fingerprint density at radius 3 is 2.50 bits per heavy atom. The van der Waals surface area contributed by atoms with E-state index in [1.807, 2.05) is 12.1 Å². The van der Waals surface area contributed by atoms with Crippen LogP contribution in [0.5, 0.6) is 5.75 Å². The second-order valence-electron chi connectivity index (χ2n) is 4.82. The number of likely N-dealkylation sites (N-methyl/N-ethyl adjacent to an activating group) is 1. The fourth-order valence-corrected chi connectivity index (χ4v) is 2.48. The molecule has 3 nitrogen and oxygen atoms in total. The summed E-state index contributed by atoms with van der Waals surface area (Å²) in [5.74, 6) is 1.97. The first kappa shape index (κ1) is 14.7. The molecule has 20 heavy (non-hydrogen) atoms. The standard InChI is InChI=1S/C17H23NO2/c1-4-17-15(10-11-20-17)16(18-5-2)12-13-6-8-14(19-3)9-7-13/h6-11,16,18H,4-5,12H2,1-3H3. The van der Waals surface area contributed by atoms with Crippen molar-refractivity contribution >= 4 is 0 Å². The molecule has 0 bridgehead atoms. The van der Waals surface area contributed by atoms with Gasteiger partial charge in [0, 0.05) is 18.0 Å². The minimum Gasteiger partial charge on any atom is -0.497 e. The van der Waals surface area contributed by atoms with Crippen LogP contribution in [0.3, 0.4) is 0 Å². The Hall–Kier alpha value is -1.74. The van der Waals surface area contributed by atoms with E-state index in [0.717, 1.165) is 30.9 Å². The molecule has 1 aromatic heterocycles. The third-order valence-corrected chi connectivity index (χ3v) is 3.53. The van der Waals surface area contributed by atoms with Crippen LogP contribution in [0.25, 0.3) is 0 Å². The van der Waals surface area contributed by atoms with Crippen LogP contribution in [0.1, 0.15) is 36.8 Å². The van der Waals surface area contributed by atoms with Gasteiger partial charge in [0.15, 0.2) is 0 Å². The predicted molar refractivity (Wildman–Crippen MR) is 81.2 cm³/mol. The normalized spacial score (nSPS) is 12.3. The van der Waals surface area contributed by atoms with Crippen molar-refractivity contribution < 1.29 is 9.15 Å². The van der Waals surface area contributed by atoms with Crippen LogP contribution in [-0.4, -0.2) is 13.7 Å². The lowest BCUT2D eigenvalue weighted by atomic mass is 9.98. The van der Waals surface area contributed by atoms with Crippen molar-refractivity contribution in [2.45, 2.75) is 32.7 Å². The quantitative estimate of drug-likeness (QED) is 0.834. The summed E-state index contributed by atoms with van der Waals surface area (Å²) >= 11 is 0. The molecule has 1 unspecified atom stereocenters. The van der Waals surface area contributed by atoms with Crippen molar-refractivity contribution in [2.75, 3.05) is 13.7 Å². The maximum atomic E-state index is 5.56. The van der Waals surface area contributed by atoms with Gasteiger partial charge in [-0.05, 0) is 36.7 Å². The number of aryl methyl sites for hydroxylation is 1. The second-order valence-corrected chi connectivity index (χ2v) is 4.82. The Balaban J connectivity index is 2.16. The Kier molecular flexibility index (Phi) is 5.24. The zero-order valence-corrected chi connectivity index (χ0v) is 12.5. The van der Waals surface area contributed by atoms with Crippen molar-refractivity contribution in [3.8, 4) is 5.75 Å². The van der Waals surface area contributed by atoms with Crippen molar-refractivity contribution in [1.29, 1.82) is 0 Å². The highest BCUT2D eigenvalue weighted by Gasteiger charge is 2.16. The van der Waals surface area contributed by atoms with E-state index in [4.69, 9.17) is 9.15 Å². The number of benzene rings is 1. The molecular formula is C17H23NO2. The first-order chi connectivity index (χ1) is 9.78. The minimum absolute atomic E-state index is 0.294. The summed E-state index contributed by atoms with van der Waals surface area (Å²) in [5, 5.41) is 3.55. The third kappa shape index (κ3) is 3.42. The molecule has 2 rings (SSSR count). The van der Waals surface area contributed by atoms with Gasteiger partial charge < -0.3 is 14.5 Å². The van der Waals surface area contributed by atoms with Gasteiger partial charge in [0.1, 0.15) is 11.5 Å². The molecule has 1 atom stereocenters. The van der Waals surface area contributed by atoms with Crippen LogP contribution >= 0.6 is 0 Å². The number of hydrogen-bond acceptors (Lipinski definition) is 3. The predicted octanol–water partition coefficient (Wildman–Crippen LogP) is 3.74. The van der Waals surface area contributed by atoms with E-state index < -0.39 is 0 Å². The lowest BCUT2D eigenvalue weighted by molar-refractivity contribution is 0.414. The molecule has 0 aliphatic rings. The fourth-order valence-electron chi connectivity index (χ4n) is 2.48. The van der Waals surface area contributed by atoms with E-state index >= 15 is 0 Å². The zero-order chi connectivity index (χ0) is 14.4. The molecular weight excluding hydrogens is 250 g/mol. The summed E-state index contributed by atoms with van der Waals surface area (Å²) < 4.78 is 10.8. The maximum absolute atomic E-state index is 5.56. The molecule has 0 aliphatic carbocycles. The lowest BCUT2D eigenvalue weighted by Crippen LogP contribution is -2.23. The van der Waals surface area contributed by atoms with Crippen molar-refractivity contribution in [3.63, 3.8) is 0 Å². The monoisotopic (exact) mass is 273 g/mol. The Labute approximate surface area is 121 Å². The van der Waals surface area contributed by atoms with Gasteiger partial charge in [0.05, 0.1) is 13.4 Å². The average molecular weight is 273 g/mol. The van der Waals surface area contributed by atoms with Gasteiger partial charge in [-0.25, -0.2) is 0 Å². The van der Waals surface area contributed by atoms with Crippen LogP contribution < -0.4 is 10.1 Å². The molecule has 108 valence electrons. The van der Waals surface area contributed by atoms with Gasteiger partial charge in [-0.3, -0.25) is 0 Å². The topological polar surface area (TPSA) is 34.4 Å². The number of rotatable bonds is 7. The zero-order valence-electron chi connectivity index (χ0n) is 12.5. The third-order valence-electron chi connectivity index (χ3n) is 3.53. The van der Waals surface area contributed by atoms with Crippen LogP contribution in [0.4, 0.5) is 0 Å². The molecule has 2 aromatic rings. The Morgan fingerprint density at radius 2 is 1.90 bits per heavy atom. The van der Waals surface area contributed by atoms with Crippen molar-refractivity contribution in [1.82, 2.24) is 5.32 Å². The van der Waals surface area contributed by atoms with Gasteiger partial charge in [0.2, 0.25) is 0 Å². The fraction of sp³-hybridized carbons (Fsp3) is 0.412. The van der Waals surface area contributed by atoms with E-state index in [1.165, 1.54) is 11.1 Å². The van der Waals surface area contributed by atoms with E-state index in [2.05, 4.69) is 37.4 Å². The minimum atomic E-state index is 0.294. The summed E-state index contributed by atoms with van der Waals surface area (Å²) in [4.78, 5) is 0. The molecule has 1 aromatic carbocycles. The van der Waals surface area contributed by atoms with Crippen LogP contribution in [-0.2, 0) is 12.8 Å². The summed E-state index contributed by atoms with van der Waals surface area (Å²) in [6.07, 6.45) is 3.66. The van der Waals surface area contributed by atoms with Crippen LogP contribution in [0, 0.1) is 0 Å². The van der Waals surface area contributed by atoms with E-state index in [0.29, 0.717) is 6.04 Å². The van der Waals surface area contributed by atoms with E-state index in [1.54, 1.807) is 13.4 Å². The van der Waals surface area contributed by atoms with Gasteiger partial charge in [0.25, 0.3) is 0 Å². The van der Waals surface area contributed by atoms with Crippen LogP contribution in [0.15, 0.2) is 41.0 Å². The highest BCUT2D eigenvalue weighted by Crippen LogP contribution is 2.24. The Morgan fingerprint density at radius 1 is 1.15 bits per heavy atom. The highest BCUT2D eigenvalue weighted by molar-refractivity contribution is 5.30. The van der Waals surface area contributed by atoms with Crippen molar-refractivity contribution in [3.05, 3.63) is 53.5 Å². The molecule has 0 amide bonds. The second kappa shape index (κ2) is 7.15. The molecule has 3 heteroatoms. The molecule has 0 saturated heterocycles. The molecule has 0 fully saturated rings. The molecule has 0 saturated carbocycles. The molecule has 1 heterocycles. The number of hydrogen-bond donors (Lipinski definition) is 1. The lowest BCUT2D eigenvalue weighted by Gasteiger charge is -2.18. The largest absolute Gasteiger partial charge is 0.497 e. The maximum Gasteiger partial charge on any atom is 0.118 e. The van der Waals surface area contributed by atoms with Gasteiger partial charge in [-0.2, -0.15) is 0 Å². The summed E-state index contributed by atoms with van der Waals surface area (Å²) in [7, 11) is 1.69. The first-order valence-electron chi connectivity index (χ1n) is 7.21. The number of methoxy groups -OCH3 is 1. The van der Waals surface area contributed by atoms with E-state index in [-0.39, 0.29) is 0 Å². The SMILES string of the molecule is CCNC(Cc1ccc(OC)cc1)c1ccoc1CC. The van der Waals surface area contributed by atoms with Gasteiger partial charge in [-0.15, -0.1) is 0 Å². The van der Waals surface area contributed by atoms with E-state index in [9.17, 15) is 0 Å². The molecule has 0 radical (unpaired) electrons. The molecule has 0 aliphatic heterocycles. The van der Waals surface area contributed by atoms with Gasteiger partial charge >= 0.3 is 0 Å². The van der Waals surface area contributed by atoms with Gasteiger partial charge in [-0.1, -0.05) is 26.0 Å². The molecule has 0 spiro atoms. The average Bonchev–Trinajstić information content (AvgIpc) is 2.96. The first-order valence-corrected chi connectivity index (χ1v) is 7.21. The summed E-state index contributed by atoms with van der Waals surface area (Å²) in [6.45, 7) is 5.20. The summed E-state index contributed by atoms with van der Waals surface area (Å²) in [6, 6.07) is 10.6. The number of ether oxygens (including phenoxy) is 1. The van der Waals surface area contributed by atoms with Crippen molar-refractivity contribution in [2.24, 2.45) is 0 Å². The number of nitrogens with one attached hydrogen (secondary N) is 1. The number of furan rings is 1. The highest BCUT2D eigenvalue weighted by atomic mass is 16.5. The van der Waals surface area contributed by atoms with Crippen LogP contribution in [0.2, 0.25) is 0 Å². The molecule has 1 N–H and O–H groups in total. The smallest absolute Gasteiger partial charge is 0.118 e.